The van der Waals surface area contributed by atoms with Gasteiger partial charge >= 0.3 is 0 Å². The molecule has 3 aromatic rings. The number of amides is 1. The number of hydrogen-bond acceptors (Lipinski definition) is 2. The predicted octanol–water partition coefficient (Wildman–Crippen LogP) is 5.39. The Bertz CT molecular complexity index is 960. The van der Waals surface area contributed by atoms with Gasteiger partial charge in [0.25, 0.3) is 0 Å². The maximum absolute atomic E-state index is 12.9. The third-order valence-electron chi connectivity index (χ3n) is 5.07. The summed E-state index contributed by atoms with van der Waals surface area (Å²) in [5, 5.41) is 0. The minimum atomic E-state index is 0.0430. The number of unbranched alkanes of at least 4 members (excludes halogenated alkanes) is 1. The van der Waals surface area contributed by atoms with Crippen LogP contribution in [0.5, 0.6) is 5.75 Å². The number of ether oxygens (including phenoxy) is 1. The highest BCUT2D eigenvalue weighted by atomic mass is 16.5. The van der Waals surface area contributed by atoms with E-state index in [1.165, 1.54) is 5.56 Å². The van der Waals surface area contributed by atoms with Gasteiger partial charge in [0, 0.05) is 31.1 Å². The number of hydrogen-bond donors (Lipinski definition) is 0. The lowest BCUT2D eigenvalue weighted by atomic mass is 10.2. The number of carbonyl (C=O) groups excluding carboxylic acids is 1. The molecule has 0 bridgehead atoms. The highest BCUT2D eigenvalue weighted by Gasteiger charge is 2.13. The topological polar surface area (TPSA) is 34.5 Å². The summed E-state index contributed by atoms with van der Waals surface area (Å²) < 4.78 is 7.53. The molecule has 0 aliphatic heterocycles. The smallest absolute Gasteiger partial charge is 0.246 e. The Balaban J connectivity index is 1.72. The van der Waals surface area contributed by atoms with Gasteiger partial charge in [0.1, 0.15) is 5.75 Å². The molecule has 3 rings (SSSR count). The highest BCUT2D eigenvalue weighted by Crippen LogP contribution is 2.16. The normalized spacial score (nSPS) is 11.0. The Kier molecular flexibility index (Phi) is 7.90. The van der Waals surface area contributed by atoms with Crippen molar-refractivity contribution in [1.82, 2.24) is 9.47 Å². The van der Waals surface area contributed by atoms with Crippen LogP contribution >= 0.6 is 0 Å². The summed E-state index contributed by atoms with van der Waals surface area (Å²) in [6.45, 7) is 4.23. The molecule has 0 spiro atoms. The Hall–Kier alpha value is -3.27. The standard InChI is InChI=1S/C26H30N2O2/c1-3-4-17-28(26(29)16-15-22-10-6-5-7-11-22)21-24-13-9-18-27(24)20-23-12-8-14-25(19-23)30-2/h5-16,18-19H,3-4,17,20-21H2,1-2H3. The summed E-state index contributed by atoms with van der Waals surface area (Å²) in [5.41, 5.74) is 3.32. The van der Waals surface area contributed by atoms with Gasteiger partial charge in [-0.1, -0.05) is 55.8 Å². The minimum Gasteiger partial charge on any atom is -0.497 e. The van der Waals surface area contributed by atoms with E-state index in [0.717, 1.165) is 42.9 Å². The molecule has 4 nitrogen and oxygen atoms in total. The van der Waals surface area contributed by atoms with Crippen LogP contribution in [0.4, 0.5) is 0 Å². The first-order chi connectivity index (χ1) is 14.7. The molecule has 4 heteroatoms. The SMILES string of the molecule is CCCCN(Cc1cccn1Cc1cccc(OC)c1)C(=O)C=Cc1ccccc1. The van der Waals surface area contributed by atoms with Crippen LogP contribution in [0, 0.1) is 0 Å². The van der Waals surface area contributed by atoms with E-state index in [4.69, 9.17) is 4.74 Å². The van der Waals surface area contributed by atoms with Gasteiger partial charge in [-0.05, 0) is 47.9 Å². The monoisotopic (exact) mass is 402 g/mol. The molecular formula is C26H30N2O2. The summed E-state index contributed by atoms with van der Waals surface area (Å²) in [6, 6.07) is 22.1. The number of aromatic nitrogens is 1. The van der Waals surface area contributed by atoms with Gasteiger partial charge in [-0.3, -0.25) is 4.79 Å². The van der Waals surface area contributed by atoms with Gasteiger partial charge < -0.3 is 14.2 Å². The van der Waals surface area contributed by atoms with E-state index in [1.54, 1.807) is 13.2 Å². The molecule has 0 atom stereocenters. The van der Waals surface area contributed by atoms with E-state index in [9.17, 15) is 4.79 Å². The molecule has 0 aliphatic rings. The first-order valence-electron chi connectivity index (χ1n) is 10.5. The van der Waals surface area contributed by atoms with E-state index in [-0.39, 0.29) is 5.91 Å². The first-order valence-corrected chi connectivity index (χ1v) is 10.5. The van der Waals surface area contributed by atoms with Crippen molar-refractivity contribution in [1.29, 1.82) is 0 Å². The zero-order valence-electron chi connectivity index (χ0n) is 17.8. The molecule has 0 saturated carbocycles. The molecular weight excluding hydrogens is 372 g/mol. The zero-order chi connectivity index (χ0) is 21.2. The molecule has 1 aromatic heterocycles. The highest BCUT2D eigenvalue weighted by molar-refractivity contribution is 5.91. The molecule has 0 saturated heterocycles. The maximum atomic E-state index is 12.9. The number of rotatable bonds is 10. The molecule has 0 N–H and O–H groups in total. The van der Waals surface area contributed by atoms with Crippen molar-refractivity contribution in [3.63, 3.8) is 0 Å². The molecule has 1 amide bonds. The fraction of sp³-hybridized carbons (Fsp3) is 0.269. The zero-order valence-corrected chi connectivity index (χ0v) is 17.8. The first kappa shape index (κ1) is 21.4. The molecule has 0 unspecified atom stereocenters. The minimum absolute atomic E-state index is 0.0430. The van der Waals surface area contributed by atoms with Gasteiger partial charge in [0.15, 0.2) is 0 Å². The second-order valence-electron chi connectivity index (χ2n) is 7.34. The summed E-state index contributed by atoms with van der Waals surface area (Å²) in [5.74, 6) is 0.897. The van der Waals surface area contributed by atoms with Crippen LogP contribution in [0.15, 0.2) is 79.0 Å². The quantitative estimate of drug-likeness (QED) is 0.426. The third-order valence-corrected chi connectivity index (χ3v) is 5.07. The fourth-order valence-electron chi connectivity index (χ4n) is 3.36. The Labute approximate surface area is 179 Å². The van der Waals surface area contributed by atoms with Crippen molar-refractivity contribution < 1.29 is 9.53 Å². The molecule has 2 aromatic carbocycles. The van der Waals surface area contributed by atoms with Crippen molar-refractivity contribution in [3.8, 4) is 5.75 Å². The van der Waals surface area contributed by atoms with Crippen molar-refractivity contribution in [3.05, 3.63) is 95.8 Å². The van der Waals surface area contributed by atoms with Crippen LogP contribution in [0.3, 0.4) is 0 Å². The van der Waals surface area contributed by atoms with Crippen molar-refractivity contribution in [2.24, 2.45) is 0 Å². The van der Waals surface area contributed by atoms with Crippen LogP contribution < -0.4 is 4.74 Å². The van der Waals surface area contributed by atoms with Gasteiger partial charge in [-0.15, -0.1) is 0 Å². The van der Waals surface area contributed by atoms with Crippen LogP contribution in [0.2, 0.25) is 0 Å². The van der Waals surface area contributed by atoms with Gasteiger partial charge in [-0.25, -0.2) is 0 Å². The number of nitrogens with zero attached hydrogens (tertiary/aromatic N) is 2. The van der Waals surface area contributed by atoms with Crippen molar-refractivity contribution in [2.45, 2.75) is 32.9 Å². The van der Waals surface area contributed by atoms with Crippen molar-refractivity contribution in [2.75, 3.05) is 13.7 Å². The largest absolute Gasteiger partial charge is 0.497 e. The number of benzene rings is 2. The average molecular weight is 403 g/mol. The fourth-order valence-corrected chi connectivity index (χ4v) is 3.36. The Morgan fingerprint density at radius 2 is 1.90 bits per heavy atom. The summed E-state index contributed by atoms with van der Waals surface area (Å²) >= 11 is 0. The molecule has 0 aliphatic carbocycles. The van der Waals surface area contributed by atoms with Gasteiger partial charge in [-0.2, -0.15) is 0 Å². The van der Waals surface area contributed by atoms with E-state index in [2.05, 4.69) is 29.8 Å². The van der Waals surface area contributed by atoms with Crippen molar-refractivity contribution >= 4 is 12.0 Å². The number of methoxy groups -OCH3 is 1. The van der Waals surface area contributed by atoms with E-state index in [0.29, 0.717) is 6.54 Å². The summed E-state index contributed by atoms with van der Waals surface area (Å²) in [6.07, 6.45) is 7.67. The predicted molar refractivity (Wildman–Crippen MR) is 122 cm³/mol. The van der Waals surface area contributed by atoms with Crippen LogP contribution in [-0.4, -0.2) is 29.0 Å². The van der Waals surface area contributed by atoms with Gasteiger partial charge in [0.2, 0.25) is 5.91 Å². The lowest BCUT2D eigenvalue weighted by Gasteiger charge is -2.22. The third kappa shape index (κ3) is 6.11. The lowest BCUT2D eigenvalue weighted by molar-refractivity contribution is -0.126. The van der Waals surface area contributed by atoms with Crippen LogP contribution in [0.1, 0.15) is 36.6 Å². The van der Waals surface area contributed by atoms with E-state index < -0.39 is 0 Å². The lowest BCUT2D eigenvalue weighted by Crippen LogP contribution is -2.31. The average Bonchev–Trinajstić information content (AvgIpc) is 3.22. The molecule has 30 heavy (non-hydrogen) atoms. The molecule has 0 fully saturated rings. The molecule has 0 radical (unpaired) electrons. The van der Waals surface area contributed by atoms with E-state index in [1.807, 2.05) is 65.6 Å². The molecule has 1 heterocycles. The Morgan fingerprint density at radius 1 is 1.07 bits per heavy atom. The number of carbonyl (C=O) groups is 1. The van der Waals surface area contributed by atoms with E-state index >= 15 is 0 Å². The maximum Gasteiger partial charge on any atom is 0.246 e. The summed E-state index contributed by atoms with van der Waals surface area (Å²) in [4.78, 5) is 14.8. The second-order valence-corrected chi connectivity index (χ2v) is 7.34. The van der Waals surface area contributed by atoms with Gasteiger partial charge in [0.05, 0.1) is 13.7 Å². The van der Waals surface area contributed by atoms with Crippen LogP contribution in [-0.2, 0) is 17.9 Å². The van der Waals surface area contributed by atoms with Crippen LogP contribution in [0.25, 0.3) is 6.08 Å². The second kappa shape index (κ2) is 11.1. The Morgan fingerprint density at radius 3 is 2.67 bits per heavy atom. The summed E-state index contributed by atoms with van der Waals surface area (Å²) in [7, 11) is 1.68. The molecule has 156 valence electrons.